The number of benzene rings is 9. The number of nitrogens with zero attached hydrogens (tertiary/aromatic N) is 2. The standard InChI is InChI=1S/C57H38N2/c1-3-19-50-44(13-1)45-14-2-4-20-51(45)57(50)41-29-27-39(28-30-41)52(40-31-35-43(36-32-40)59-55-23-11-7-17-48(55)49-18-8-12-24-56(49)59)37-38-25-33-42(34-26-38)58-53-21-9-5-15-46(53)47-16-6-10-22-54(47)58/h1-37,57H/b52-37-. The van der Waals surface area contributed by atoms with Gasteiger partial charge in [0.15, 0.2) is 0 Å². The highest BCUT2D eigenvalue weighted by molar-refractivity contribution is 6.10. The third-order valence-corrected chi connectivity index (χ3v) is 12.4. The summed E-state index contributed by atoms with van der Waals surface area (Å²) in [7, 11) is 0. The molecule has 2 heterocycles. The maximum Gasteiger partial charge on any atom is 0.0541 e. The maximum absolute atomic E-state index is 2.39. The van der Waals surface area contributed by atoms with Gasteiger partial charge in [0.05, 0.1) is 22.1 Å². The van der Waals surface area contributed by atoms with Gasteiger partial charge in [-0.3, -0.25) is 0 Å². The Kier molecular flexibility index (Phi) is 7.64. The lowest BCUT2D eigenvalue weighted by Gasteiger charge is -2.16. The number of aromatic nitrogens is 2. The fourth-order valence-corrected chi connectivity index (χ4v) is 9.78. The van der Waals surface area contributed by atoms with Gasteiger partial charge in [-0.05, 0) is 105 Å². The molecule has 0 amide bonds. The van der Waals surface area contributed by atoms with Crippen LogP contribution in [0.15, 0.2) is 218 Å². The van der Waals surface area contributed by atoms with Crippen molar-refractivity contribution in [3.8, 4) is 22.5 Å². The van der Waals surface area contributed by atoms with E-state index in [-0.39, 0.29) is 5.92 Å². The lowest BCUT2D eigenvalue weighted by molar-refractivity contribution is 1.01. The van der Waals surface area contributed by atoms with Crippen LogP contribution >= 0.6 is 0 Å². The van der Waals surface area contributed by atoms with Crippen LogP contribution < -0.4 is 0 Å². The fraction of sp³-hybridized carbons (Fsp3) is 0.0175. The van der Waals surface area contributed by atoms with Gasteiger partial charge in [-0.15, -0.1) is 0 Å². The molecule has 0 spiro atoms. The molecule has 0 aliphatic heterocycles. The molecule has 0 atom stereocenters. The molecule has 276 valence electrons. The molecule has 2 nitrogen and oxygen atoms in total. The first kappa shape index (κ1) is 33.5. The first-order chi connectivity index (χ1) is 29.3. The average molecular weight is 751 g/mol. The molecule has 2 heteroatoms. The molecule has 0 radical (unpaired) electrons. The lowest BCUT2D eigenvalue weighted by atomic mass is 9.87. The van der Waals surface area contributed by atoms with Crippen LogP contribution in [0.3, 0.4) is 0 Å². The van der Waals surface area contributed by atoms with E-state index < -0.39 is 0 Å². The van der Waals surface area contributed by atoms with E-state index in [4.69, 9.17) is 0 Å². The summed E-state index contributed by atoms with van der Waals surface area (Å²) in [5.41, 5.74) is 18.6. The van der Waals surface area contributed by atoms with Crippen LogP contribution in [0.4, 0.5) is 0 Å². The number of hydrogen-bond acceptors (Lipinski definition) is 0. The van der Waals surface area contributed by atoms with E-state index in [1.807, 2.05) is 0 Å². The van der Waals surface area contributed by atoms with E-state index in [1.54, 1.807) is 0 Å². The average Bonchev–Trinajstić information content (AvgIpc) is 3.95. The Morgan fingerprint density at radius 2 is 0.695 bits per heavy atom. The molecule has 9 aromatic carbocycles. The zero-order chi connectivity index (χ0) is 38.9. The fourth-order valence-electron chi connectivity index (χ4n) is 9.78. The summed E-state index contributed by atoms with van der Waals surface area (Å²) >= 11 is 0. The van der Waals surface area contributed by atoms with Crippen molar-refractivity contribution in [1.29, 1.82) is 0 Å². The summed E-state index contributed by atoms with van der Waals surface area (Å²) in [4.78, 5) is 0. The van der Waals surface area contributed by atoms with E-state index in [1.165, 1.54) is 88.1 Å². The van der Waals surface area contributed by atoms with Crippen LogP contribution in [-0.4, -0.2) is 9.13 Å². The number of hydrogen-bond donors (Lipinski definition) is 0. The summed E-state index contributed by atoms with van der Waals surface area (Å²) in [6.45, 7) is 0. The Bertz CT molecular complexity index is 3260. The molecule has 11 aromatic rings. The second kappa shape index (κ2) is 13.5. The highest BCUT2D eigenvalue weighted by atomic mass is 15.0. The topological polar surface area (TPSA) is 9.86 Å². The van der Waals surface area contributed by atoms with Crippen LogP contribution in [0.25, 0.3) is 77.8 Å². The van der Waals surface area contributed by atoms with Gasteiger partial charge in [-0.25, -0.2) is 0 Å². The maximum atomic E-state index is 2.39. The molecule has 0 saturated heterocycles. The number of rotatable bonds is 6. The molecule has 59 heavy (non-hydrogen) atoms. The van der Waals surface area contributed by atoms with Gasteiger partial charge < -0.3 is 9.13 Å². The number of fused-ring (bicyclic) bond motifs is 9. The molecule has 0 unspecified atom stereocenters. The normalized spacial score (nSPS) is 12.8. The zero-order valence-electron chi connectivity index (χ0n) is 32.3. The summed E-state index contributed by atoms with van der Waals surface area (Å²) < 4.78 is 4.77. The molecule has 0 saturated carbocycles. The highest BCUT2D eigenvalue weighted by Gasteiger charge is 2.29. The molecule has 12 rings (SSSR count). The quantitative estimate of drug-likeness (QED) is 0.150. The van der Waals surface area contributed by atoms with Crippen molar-refractivity contribution in [3.63, 3.8) is 0 Å². The summed E-state index contributed by atoms with van der Waals surface area (Å²) in [5.74, 6) is 0.211. The van der Waals surface area contributed by atoms with Crippen LogP contribution in [-0.2, 0) is 0 Å². The highest BCUT2D eigenvalue weighted by Crippen LogP contribution is 2.48. The third-order valence-electron chi connectivity index (χ3n) is 12.4. The van der Waals surface area contributed by atoms with Crippen LogP contribution in [0.2, 0.25) is 0 Å². The molecule has 2 aromatic heterocycles. The van der Waals surface area contributed by atoms with E-state index in [9.17, 15) is 0 Å². The molecule has 1 aliphatic rings. The summed E-state index contributed by atoms with van der Waals surface area (Å²) in [6.07, 6.45) is 2.35. The molecular formula is C57H38N2. The van der Waals surface area contributed by atoms with E-state index in [2.05, 4.69) is 234 Å². The summed E-state index contributed by atoms with van der Waals surface area (Å²) in [6, 6.07) is 80.0. The molecular weight excluding hydrogens is 713 g/mol. The van der Waals surface area contributed by atoms with Crippen LogP contribution in [0.5, 0.6) is 0 Å². The van der Waals surface area contributed by atoms with E-state index in [0.29, 0.717) is 0 Å². The first-order valence-electron chi connectivity index (χ1n) is 20.5. The van der Waals surface area contributed by atoms with Gasteiger partial charge >= 0.3 is 0 Å². The van der Waals surface area contributed by atoms with Crippen molar-refractivity contribution in [2.24, 2.45) is 0 Å². The smallest absolute Gasteiger partial charge is 0.0541 e. The first-order valence-corrected chi connectivity index (χ1v) is 20.5. The molecule has 0 bridgehead atoms. The SMILES string of the molecule is C(=C(\c1ccc(C2c3ccccc3-c3ccccc32)cc1)c1ccc(-n2c3ccccc3c3ccccc32)cc1)/c1ccc(-n2c3ccccc3c3ccccc32)cc1. The van der Waals surface area contributed by atoms with Crippen molar-refractivity contribution in [2.45, 2.75) is 5.92 Å². The Morgan fingerprint density at radius 3 is 1.14 bits per heavy atom. The second-order valence-corrected chi connectivity index (χ2v) is 15.7. The van der Waals surface area contributed by atoms with Gasteiger partial charge in [0.1, 0.15) is 0 Å². The Labute approximate surface area is 343 Å². The largest absolute Gasteiger partial charge is 0.309 e. The number of para-hydroxylation sites is 4. The lowest BCUT2D eigenvalue weighted by Crippen LogP contribution is -2.00. The van der Waals surface area contributed by atoms with Crippen molar-refractivity contribution < 1.29 is 0 Å². The van der Waals surface area contributed by atoms with Crippen molar-refractivity contribution in [1.82, 2.24) is 9.13 Å². The van der Waals surface area contributed by atoms with E-state index in [0.717, 1.165) is 16.9 Å². The Hall–Kier alpha value is -7.68. The van der Waals surface area contributed by atoms with Crippen molar-refractivity contribution >= 4 is 55.3 Å². The van der Waals surface area contributed by atoms with Crippen molar-refractivity contribution in [3.05, 3.63) is 252 Å². The van der Waals surface area contributed by atoms with Gasteiger partial charge in [0, 0.05) is 38.8 Å². The minimum atomic E-state index is 0.211. The third kappa shape index (κ3) is 5.34. The monoisotopic (exact) mass is 750 g/mol. The van der Waals surface area contributed by atoms with Gasteiger partial charge in [0.2, 0.25) is 0 Å². The summed E-state index contributed by atoms with van der Waals surface area (Å²) in [5, 5.41) is 5.08. The molecule has 0 N–H and O–H groups in total. The zero-order valence-corrected chi connectivity index (χ0v) is 32.3. The van der Waals surface area contributed by atoms with E-state index >= 15 is 0 Å². The predicted molar refractivity (Wildman–Crippen MR) is 248 cm³/mol. The molecule has 1 aliphatic carbocycles. The minimum absolute atomic E-state index is 0.211. The second-order valence-electron chi connectivity index (χ2n) is 15.7. The van der Waals surface area contributed by atoms with Gasteiger partial charge in [-0.2, -0.15) is 0 Å². The predicted octanol–water partition coefficient (Wildman–Crippen LogP) is 14.6. The Morgan fingerprint density at radius 1 is 0.339 bits per heavy atom. The van der Waals surface area contributed by atoms with Crippen LogP contribution in [0.1, 0.15) is 39.3 Å². The van der Waals surface area contributed by atoms with Crippen LogP contribution in [0, 0.1) is 0 Å². The van der Waals surface area contributed by atoms with Gasteiger partial charge in [-0.1, -0.05) is 170 Å². The van der Waals surface area contributed by atoms with Gasteiger partial charge in [0.25, 0.3) is 0 Å². The molecule has 0 fully saturated rings. The van der Waals surface area contributed by atoms with Crippen molar-refractivity contribution in [2.75, 3.05) is 0 Å². The Balaban J connectivity index is 0.970. The minimum Gasteiger partial charge on any atom is -0.309 e.